The molecule has 12 heteroatoms. The number of nitrogens with zero attached hydrogens (tertiary/aromatic N) is 3. The van der Waals surface area contributed by atoms with Gasteiger partial charge in [0.2, 0.25) is 11.8 Å². The van der Waals surface area contributed by atoms with E-state index in [2.05, 4.69) is 5.32 Å². The van der Waals surface area contributed by atoms with Crippen LogP contribution in [0.4, 0.5) is 16.2 Å². The van der Waals surface area contributed by atoms with Crippen LogP contribution in [0.2, 0.25) is 0 Å². The van der Waals surface area contributed by atoms with Gasteiger partial charge in [0.1, 0.15) is 11.4 Å². The zero-order chi connectivity index (χ0) is 34.7. The Morgan fingerprint density at radius 2 is 1.83 bits per heavy atom. The van der Waals surface area contributed by atoms with E-state index >= 15 is 0 Å². The van der Waals surface area contributed by atoms with Crippen molar-refractivity contribution in [3.63, 3.8) is 0 Å². The van der Waals surface area contributed by atoms with Gasteiger partial charge in [-0.1, -0.05) is 13.8 Å². The second kappa shape index (κ2) is 14.8. The van der Waals surface area contributed by atoms with Gasteiger partial charge in [-0.3, -0.25) is 14.4 Å². The van der Waals surface area contributed by atoms with Gasteiger partial charge < -0.3 is 39.3 Å². The number of fused-ring (bicyclic) bond motifs is 1. The molecule has 4 amide bonds. The summed E-state index contributed by atoms with van der Waals surface area (Å²) in [6, 6.07) is 5.02. The Morgan fingerprint density at radius 3 is 2.43 bits per heavy atom. The van der Waals surface area contributed by atoms with Crippen LogP contribution in [-0.2, 0) is 23.9 Å². The fourth-order valence-electron chi connectivity index (χ4n) is 6.35. The molecule has 47 heavy (non-hydrogen) atoms. The summed E-state index contributed by atoms with van der Waals surface area (Å²) in [4.78, 5) is 59.7. The van der Waals surface area contributed by atoms with Crippen LogP contribution in [0.15, 0.2) is 18.2 Å². The lowest BCUT2D eigenvalue weighted by atomic mass is 9.87. The van der Waals surface area contributed by atoms with Crippen LogP contribution in [0.25, 0.3) is 0 Å². The molecular formula is C35H54N4O8. The van der Waals surface area contributed by atoms with Crippen LogP contribution < -0.4 is 19.9 Å². The maximum Gasteiger partial charge on any atom is 0.410 e. The highest BCUT2D eigenvalue weighted by molar-refractivity contribution is 6.04. The fourth-order valence-corrected chi connectivity index (χ4v) is 6.35. The van der Waals surface area contributed by atoms with Crippen molar-refractivity contribution >= 4 is 35.2 Å². The van der Waals surface area contributed by atoms with Crippen molar-refractivity contribution in [1.82, 2.24) is 10.2 Å². The molecular weight excluding hydrogens is 604 g/mol. The molecule has 1 aromatic carbocycles. The summed E-state index contributed by atoms with van der Waals surface area (Å²) in [7, 11) is 1.62. The number of aliphatic hydroxyl groups is 1. The lowest BCUT2D eigenvalue weighted by Crippen LogP contribution is -2.55. The van der Waals surface area contributed by atoms with E-state index in [9.17, 15) is 24.3 Å². The summed E-state index contributed by atoms with van der Waals surface area (Å²) in [6.07, 6.45) is 2.55. The van der Waals surface area contributed by atoms with Crippen LogP contribution in [0.3, 0.4) is 0 Å². The van der Waals surface area contributed by atoms with Crippen molar-refractivity contribution in [3.05, 3.63) is 18.2 Å². The quantitative estimate of drug-likeness (QED) is 0.320. The number of aliphatic hydroxyl groups excluding tert-OH is 1. The molecule has 0 bridgehead atoms. The molecule has 12 nitrogen and oxygen atoms in total. The highest BCUT2D eigenvalue weighted by Crippen LogP contribution is 2.43. The Balaban J connectivity index is 1.64. The summed E-state index contributed by atoms with van der Waals surface area (Å²) in [5.41, 5.74) is -0.563. The smallest absolute Gasteiger partial charge is 0.410 e. The minimum atomic E-state index is -1.04. The third kappa shape index (κ3) is 9.16. The first kappa shape index (κ1) is 36.5. The predicted octanol–water partition coefficient (Wildman–Crippen LogP) is 4.12. The summed E-state index contributed by atoms with van der Waals surface area (Å²) in [5, 5.41) is 12.9. The number of ether oxygens (including phenoxy) is 3. The van der Waals surface area contributed by atoms with Crippen LogP contribution in [-0.4, -0.2) is 97.1 Å². The van der Waals surface area contributed by atoms with Crippen LogP contribution in [0.5, 0.6) is 5.75 Å². The average Bonchev–Trinajstić information content (AvgIpc) is 3.83. The van der Waals surface area contributed by atoms with E-state index < -0.39 is 35.2 Å². The first-order valence-corrected chi connectivity index (χ1v) is 16.9. The van der Waals surface area contributed by atoms with E-state index in [1.165, 1.54) is 4.90 Å². The molecule has 2 N–H and O–H groups in total. The maximum absolute atomic E-state index is 14.5. The monoisotopic (exact) mass is 658 g/mol. The zero-order valence-corrected chi connectivity index (χ0v) is 29.3. The van der Waals surface area contributed by atoms with Gasteiger partial charge in [-0.05, 0) is 90.8 Å². The number of methoxy groups -OCH3 is 1. The largest absolute Gasteiger partial charge is 0.476 e. The highest BCUT2D eigenvalue weighted by Gasteiger charge is 2.45. The second-order valence-electron chi connectivity index (χ2n) is 15.0. The fraction of sp³-hybridized carbons (Fsp3) is 0.714. The molecule has 3 atom stereocenters. The van der Waals surface area contributed by atoms with E-state index in [-0.39, 0.29) is 55.8 Å². The number of hydrogen-bond donors (Lipinski definition) is 2. The number of piperidine rings is 1. The van der Waals surface area contributed by atoms with E-state index in [0.717, 1.165) is 12.8 Å². The molecule has 1 aromatic rings. The van der Waals surface area contributed by atoms with Crippen molar-refractivity contribution in [2.24, 2.45) is 17.8 Å². The summed E-state index contributed by atoms with van der Waals surface area (Å²) in [6.45, 7) is 13.8. The van der Waals surface area contributed by atoms with Crippen LogP contribution >= 0.6 is 0 Å². The number of anilines is 2. The Kier molecular flexibility index (Phi) is 11.5. The molecule has 262 valence electrons. The molecule has 1 saturated heterocycles. The molecule has 1 unspecified atom stereocenters. The van der Waals surface area contributed by atoms with Crippen molar-refractivity contribution in [3.8, 4) is 5.75 Å². The molecule has 1 aliphatic carbocycles. The normalized spacial score (nSPS) is 21.5. The van der Waals surface area contributed by atoms with E-state index in [4.69, 9.17) is 14.2 Å². The number of carbonyl (C=O) groups is 4. The van der Waals surface area contributed by atoms with Gasteiger partial charge >= 0.3 is 6.09 Å². The molecule has 0 radical (unpaired) electrons. The Hall–Kier alpha value is -3.38. The van der Waals surface area contributed by atoms with Gasteiger partial charge in [0.25, 0.3) is 5.91 Å². The van der Waals surface area contributed by atoms with Crippen molar-refractivity contribution in [1.29, 1.82) is 0 Å². The lowest BCUT2D eigenvalue weighted by molar-refractivity contribution is -0.133. The maximum atomic E-state index is 14.5. The van der Waals surface area contributed by atoms with Gasteiger partial charge in [0, 0.05) is 45.1 Å². The number of nitrogens with one attached hydrogen (secondary N) is 1. The van der Waals surface area contributed by atoms with Gasteiger partial charge in [0.15, 0.2) is 5.60 Å². The molecule has 2 aliphatic heterocycles. The zero-order valence-electron chi connectivity index (χ0n) is 29.3. The number of hydrogen-bond acceptors (Lipinski definition) is 8. The standard InChI is InChI=1S/C35H54N4O8/c1-22(2)16-25(21-40)36-30(41)23-17-24(20-37(19-23)33(44)47-34(3,4)5)31(42)39(26-10-11-26)27-12-13-29-28(18-27)38(14-9-15-45-8)32(43)35(6,7)46-29/h12-13,18,22-26,40H,9-11,14-17,19-21H2,1-8H3,(H,36,41)/t23-,24+,25?/m0/s1. The lowest BCUT2D eigenvalue weighted by Gasteiger charge is -2.40. The van der Waals surface area contributed by atoms with Gasteiger partial charge in [-0.25, -0.2) is 4.79 Å². The number of carbonyl (C=O) groups excluding carboxylic acids is 4. The van der Waals surface area contributed by atoms with Gasteiger partial charge in [-0.2, -0.15) is 0 Å². The molecule has 3 aliphatic rings. The summed E-state index contributed by atoms with van der Waals surface area (Å²) < 4.78 is 17.0. The predicted molar refractivity (Wildman–Crippen MR) is 178 cm³/mol. The van der Waals surface area contributed by atoms with Crippen molar-refractivity contribution in [2.45, 2.75) is 104 Å². The minimum Gasteiger partial charge on any atom is -0.476 e. The van der Waals surface area contributed by atoms with E-state index in [1.54, 1.807) is 57.6 Å². The molecule has 4 rings (SSSR count). The summed E-state index contributed by atoms with van der Waals surface area (Å²) in [5.74, 6) is -1.17. The average molecular weight is 659 g/mol. The third-order valence-corrected chi connectivity index (χ3v) is 8.66. The SMILES string of the molecule is COCCCN1C(=O)C(C)(C)Oc2ccc(N(C(=O)[C@@H]3C[C@H](C(=O)NC(CO)CC(C)C)CN(C(=O)OC(C)(C)C)C3)C3CC3)cc21. The number of benzene rings is 1. The number of rotatable bonds is 12. The van der Waals surface area contributed by atoms with Crippen molar-refractivity contribution in [2.75, 3.05) is 49.8 Å². The summed E-state index contributed by atoms with van der Waals surface area (Å²) >= 11 is 0. The van der Waals surface area contributed by atoms with Crippen LogP contribution in [0.1, 0.15) is 80.6 Å². The molecule has 0 aromatic heterocycles. The number of amides is 4. The van der Waals surface area contributed by atoms with Crippen LogP contribution in [0, 0.1) is 17.8 Å². The first-order chi connectivity index (χ1) is 22.0. The van der Waals surface area contributed by atoms with Gasteiger partial charge in [-0.15, -0.1) is 0 Å². The van der Waals surface area contributed by atoms with Gasteiger partial charge in [0.05, 0.1) is 30.2 Å². The molecule has 2 heterocycles. The van der Waals surface area contributed by atoms with Crippen molar-refractivity contribution < 1.29 is 38.5 Å². The minimum absolute atomic E-state index is 0.0341. The highest BCUT2D eigenvalue weighted by atomic mass is 16.6. The van der Waals surface area contributed by atoms with E-state index in [1.807, 2.05) is 26.0 Å². The third-order valence-electron chi connectivity index (χ3n) is 8.66. The number of likely N-dealkylation sites (tertiary alicyclic amines) is 1. The Labute approximate surface area is 279 Å². The molecule has 0 spiro atoms. The molecule has 2 fully saturated rings. The second-order valence-corrected chi connectivity index (χ2v) is 15.0. The first-order valence-electron chi connectivity index (χ1n) is 16.9. The Morgan fingerprint density at radius 1 is 1.15 bits per heavy atom. The van der Waals surface area contributed by atoms with E-state index in [0.29, 0.717) is 43.1 Å². The Bertz CT molecular complexity index is 1300. The molecule has 1 saturated carbocycles. The topological polar surface area (TPSA) is 138 Å².